The molecule has 0 amide bonds. The van der Waals surface area contributed by atoms with Crippen LogP contribution in [0.3, 0.4) is 0 Å². The highest BCUT2D eigenvalue weighted by atomic mass is 16.5. The van der Waals surface area contributed by atoms with Gasteiger partial charge in [0.25, 0.3) is 0 Å². The van der Waals surface area contributed by atoms with Gasteiger partial charge >= 0.3 is 5.97 Å². The molecule has 1 N–H and O–H groups in total. The quantitative estimate of drug-likeness (QED) is 0.645. The molecule has 0 unspecified atom stereocenters. The number of benzene rings is 2. The third kappa shape index (κ3) is 6.96. The third-order valence-corrected chi connectivity index (χ3v) is 2.97. The van der Waals surface area contributed by atoms with Gasteiger partial charge in [0, 0.05) is 6.42 Å². The van der Waals surface area contributed by atoms with E-state index in [1.165, 1.54) is 12.1 Å². The van der Waals surface area contributed by atoms with Gasteiger partial charge in [-0.15, -0.1) is 0 Å². The van der Waals surface area contributed by atoms with Crippen LogP contribution >= 0.6 is 0 Å². The van der Waals surface area contributed by atoms with E-state index in [0.29, 0.717) is 31.7 Å². The number of hydrogen-bond donors (Lipinski definition) is 1. The highest BCUT2D eigenvalue weighted by molar-refractivity contribution is 5.79. The predicted molar refractivity (Wildman–Crippen MR) is 91.2 cm³/mol. The molecular weight excluding hydrogens is 308 g/mol. The van der Waals surface area contributed by atoms with Crippen LogP contribution in [0.5, 0.6) is 11.5 Å². The van der Waals surface area contributed by atoms with Gasteiger partial charge < -0.3 is 14.6 Å². The van der Waals surface area contributed by atoms with Crippen LogP contribution < -0.4 is 4.74 Å². The van der Waals surface area contributed by atoms with E-state index < -0.39 is 0 Å². The highest BCUT2D eigenvalue weighted by Crippen LogP contribution is 2.22. The lowest BCUT2D eigenvalue weighted by Crippen LogP contribution is -2.00. The van der Waals surface area contributed by atoms with Crippen molar-refractivity contribution in [3.8, 4) is 11.5 Å². The molecule has 0 aromatic heterocycles. The lowest BCUT2D eigenvalue weighted by atomic mass is 10.2. The molecule has 128 valence electrons. The van der Waals surface area contributed by atoms with Crippen LogP contribution in [0, 0.1) is 0 Å². The molecule has 0 atom stereocenters. The maximum atomic E-state index is 10.6. The van der Waals surface area contributed by atoms with Crippen molar-refractivity contribution in [1.29, 1.82) is 0 Å². The van der Waals surface area contributed by atoms with Gasteiger partial charge in [-0.3, -0.25) is 9.59 Å². The minimum absolute atomic E-state index is 0.0351. The first-order valence-corrected chi connectivity index (χ1v) is 7.71. The van der Waals surface area contributed by atoms with E-state index >= 15 is 0 Å². The number of ether oxygens (including phenoxy) is 2. The molecule has 0 saturated heterocycles. The molecule has 5 nitrogen and oxygen atoms in total. The van der Waals surface area contributed by atoms with E-state index in [2.05, 4.69) is 4.74 Å². The normalized spacial score (nSPS) is 9.42. The second kappa shape index (κ2) is 10.8. The van der Waals surface area contributed by atoms with Crippen molar-refractivity contribution in [3.05, 3.63) is 59.7 Å². The largest absolute Gasteiger partial charge is 0.507 e. The van der Waals surface area contributed by atoms with E-state index in [9.17, 15) is 14.7 Å². The molecule has 0 saturated carbocycles. The maximum Gasteiger partial charge on any atom is 0.305 e. The van der Waals surface area contributed by atoms with Crippen molar-refractivity contribution >= 4 is 12.3 Å². The van der Waals surface area contributed by atoms with Gasteiger partial charge in [-0.1, -0.05) is 37.3 Å². The van der Waals surface area contributed by atoms with E-state index in [1.54, 1.807) is 19.9 Å². The van der Waals surface area contributed by atoms with Crippen LogP contribution in [0.1, 0.15) is 36.2 Å². The van der Waals surface area contributed by atoms with Crippen molar-refractivity contribution in [2.24, 2.45) is 0 Å². The molecule has 0 aliphatic rings. The minimum Gasteiger partial charge on any atom is -0.507 e. The van der Waals surface area contributed by atoms with Gasteiger partial charge in [0.1, 0.15) is 18.1 Å². The predicted octanol–water partition coefficient (Wildman–Crippen LogP) is 3.74. The fourth-order valence-corrected chi connectivity index (χ4v) is 1.72. The molecule has 24 heavy (non-hydrogen) atoms. The molecule has 2 aromatic rings. The second-order valence-electron chi connectivity index (χ2n) is 4.77. The van der Waals surface area contributed by atoms with Crippen LogP contribution in [0.25, 0.3) is 0 Å². The Morgan fingerprint density at radius 1 is 1.12 bits per heavy atom. The summed E-state index contributed by atoms with van der Waals surface area (Å²) in [4.78, 5) is 20.8. The molecule has 0 bridgehead atoms. The van der Waals surface area contributed by atoms with Crippen molar-refractivity contribution in [3.63, 3.8) is 0 Å². The first-order valence-electron chi connectivity index (χ1n) is 7.71. The summed E-state index contributed by atoms with van der Waals surface area (Å²) in [6, 6.07) is 14.3. The smallest absolute Gasteiger partial charge is 0.305 e. The lowest BCUT2D eigenvalue weighted by Gasteiger charge is -2.07. The molecule has 0 radical (unpaired) electrons. The fraction of sp³-hybridized carbons (Fsp3) is 0.263. The molecule has 0 aliphatic carbocycles. The Labute approximate surface area is 141 Å². The van der Waals surface area contributed by atoms with E-state index in [4.69, 9.17) is 4.74 Å². The van der Waals surface area contributed by atoms with E-state index in [0.717, 1.165) is 5.56 Å². The summed E-state index contributed by atoms with van der Waals surface area (Å²) in [5.41, 5.74) is 1.28. The molecule has 0 spiro atoms. The van der Waals surface area contributed by atoms with Crippen molar-refractivity contribution in [1.82, 2.24) is 0 Å². The van der Waals surface area contributed by atoms with Crippen molar-refractivity contribution < 1.29 is 24.2 Å². The first kappa shape index (κ1) is 19.2. The number of aromatic hydroxyl groups is 1. The average molecular weight is 330 g/mol. The summed E-state index contributed by atoms with van der Waals surface area (Å²) < 4.78 is 10.1. The van der Waals surface area contributed by atoms with Crippen LogP contribution in [0.4, 0.5) is 0 Å². The summed E-state index contributed by atoms with van der Waals surface area (Å²) in [5.74, 6) is 0.406. The Morgan fingerprint density at radius 3 is 2.38 bits per heavy atom. The van der Waals surface area contributed by atoms with Gasteiger partial charge in [0.15, 0.2) is 6.29 Å². The summed E-state index contributed by atoms with van der Waals surface area (Å²) in [6.45, 7) is 4.50. The zero-order valence-corrected chi connectivity index (χ0v) is 13.9. The topological polar surface area (TPSA) is 72.8 Å². The van der Waals surface area contributed by atoms with Gasteiger partial charge in [0.2, 0.25) is 0 Å². The Morgan fingerprint density at radius 2 is 1.83 bits per heavy atom. The van der Waals surface area contributed by atoms with Gasteiger partial charge in [-0.05, 0) is 30.7 Å². The molecule has 2 aromatic carbocycles. The number of carbonyl (C=O) groups is 2. The first-order chi connectivity index (χ1) is 11.6. The van der Waals surface area contributed by atoms with Crippen molar-refractivity contribution in [2.45, 2.75) is 26.9 Å². The van der Waals surface area contributed by atoms with Crippen LogP contribution in [-0.2, 0) is 16.1 Å². The van der Waals surface area contributed by atoms with Gasteiger partial charge in [0.05, 0.1) is 12.2 Å². The number of hydrogen-bond acceptors (Lipinski definition) is 5. The van der Waals surface area contributed by atoms with Gasteiger partial charge in [-0.25, -0.2) is 0 Å². The summed E-state index contributed by atoms with van der Waals surface area (Å²) >= 11 is 0. The summed E-state index contributed by atoms with van der Waals surface area (Å²) in [5, 5.41) is 9.33. The molecule has 0 heterocycles. The number of esters is 1. The van der Waals surface area contributed by atoms with Crippen LogP contribution in [-0.4, -0.2) is 24.0 Å². The Balaban J connectivity index is 0.000000351. The molecule has 0 fully saturated rings. The lowest BCUT2D eigenvalue weighted by molar-refractivity contribution is -0.142. The number of rotatable bonds is 6. The molecule has 0 aliphatic heterocycles. The van der Waals surface area contributed by atoms with Crippen LogP contribution in [0.15, 0.2) is 48.5 Å². The Hall–Kier alpha value is -2.82. The van der Waals surface area contributed by atoms with E-state index in [1.807, 2.05) is 30.3 Å². The second-order valence-corrected chi connectivity index (χ2v) is 4.77. The number of carbonyl (C=O) groups excluding carboxylic acids is 2. The zero-order valence-electron chi connectivity index (χ0n) is 13.9. The standard InChI is InChI=1S/C14H12O3.C5H10O2/c15-9-12-8-13(6-7-14(12)16)17-10-11-4-2-1-3-5-11;1-3-5(6)7-4-2/h1-9,16H,10H2;3-4H2,1-2H3. The minimum atomic E-state index is -0.123. The number of aldehydes is 1. The average Bonchev–Trinajstić information content (AvgIpc) is 2.62. The van der Waals surface area contributed by atoms with E-state index in [-0.39, 0.29) is 17.3 Å². The Bertz CT molecular complexity index is 637. The number of phenols is 1. The zero-order chi connectivity index (χ0) is 17.8. The van der Waals surface area contributed by atoms with Gasteiger partial charge in [-0.2, -0.15) is 0 Å². The fourth-order valence-electron chi connectivity index (χ4n) is 1.72. The Kier molecular flexibility index (Phi) is 8.68. The molecular formula is C19H22O5. The molecule has 2 rings (SSSR count). The van der Waals surface area contributed by atoms with Crippen LogP contribution in [0.2, 0.25) is 0 Å². The number of phenolic OH excluding ortho intramolecular Hbond substituents is 1. The summed E-state index contributed by atoms with van der Waals surface area (Å²) in [7, 11) is 0. The monoisotopic (exact) mass is 330 g/mol. The third-order valence-electron chi connectivity index (χ3n) is 2.97. The molecule has 5 heteroatoms. The summed E-state index contributed by atoms with van der Waals surface area (Å²) in [6.07, 6.45) is 1.08. The highest BCUT2D eigenvalue weighted by Gasteiger charge is 2.02. The van der Waals surface area contributed by atoms with Crippen molar-refractivity contribution in [2.75, 3.05) is 6.61 Å². The SMILES string of the molecule is CCOC(=O)CC.O=Cc1cc(OCc2ccccc2)ccc1O. The maximum absolute atomic E-state index is 10.6.